The molecule has 0 radical (unpaired) electrons. The molecule has 3 rings (SSSR count). The van der Waals surface area contributed by atoms with Crippen LogP contribution < -0.4 is 5.32 Å². The van der Waals surface area contributed by atoms with Gasteiger partial charge in [-0.3, -0.25) is 9.59 Å². The number of pyridine rings is 1. The number of halogens is 3. The lowest BCUT2D eigenvalue weighted by atomic mass is 9.96. The second kappa shape index (κ2) is 7.19. The zero-order valence-corrected chi connectivity index (χ0v) is 13.9. The van der Waals surface area contributed by atoms with E-state index in [1.54, 1.807) is 18.2 Å². The number of nitrogens with zero attached hydrogens (tertiary/aromatic N) is 2. The molecule has 1 saturated carbocycles. The zero-order chi connectivity index (χ0) is 19.6. The van der Waals surface area contributed by atoms with Gasteiger partial charge in [-0.2, -0.15) is 18.4 Å². The number of anilines is 1. The number of nitriles is 1. The Kier molecular flexibility index (Phi) is 4.95. The zero-order valence-electron chi connectivity index (χ0n) is 13.9. The highest BCUT2D eigenvalue weighted by atomic mass is 19.4. The van der Waals surface area contributed by atoms with Crippen LogP contribution in [0.15, 0.2) is 48.7 Å². The van der Waals surface area contributed by atoms with Crippen LogP contribution in [0.4, 0.5) is 19.0 Å². The van der Waals surface area contributed by atoms with E-state index < -0.39 is 41.2 Å². The van der Waals surface area contributed by atoms with Gasteiger partial charge in [0.05, 0.1) is 11.6 Å². The highest BCUT2D eigenvalue weighted by molar-refractivity contribution is 6.10. The van der Waals surface area contributed by atoms with E-state index in [4.69, 9.17) is 0 Å². The molecule has 1 aromatic heterocycles. The SMILES string of the molecule is N#C[C@H](C(=O)Nc1ccccn1)C(=O)[C@@H]1C[C@@H]1c1ccccc1C(F)(F)F. The molecule has 1 amide bonds. The van der Waals surface area contributed by atoms with E-state index in [1.807, 2.05) is 0 Å². The highest BCUT2D eigenvalue weighted by Gasteiger charge is 2.50. The number of amides is 1. The van der Waals surface area contributed by atoms with Gasteiger partial charge in [0.15, 0.2) is 11.7 Å². The lowest BCUT2D eigenvalue weighted by Crippen LogP contribution is -2.30. The molecule has 1 aliphatic rings. The van der Waals surface area contributed by atoms with Crippen LogP contribution in [-0.2, 0) is 15.8 Å². The van der Waals surface area contributed by atoms with Gasteiger partial charge in [0.2, 0.25) is 0 Å². The van der Waals surface area contributed by atoms with Gasteiger partial charge in [0, 0.05) is 12.1 Å². The van der Waals surface area contributed by atoms with Crippen molar-refractivity contribution in [1.29, 1.82) is 5.26 Å². The molecule has 1 fully saturated rings. The van der Waals surface area contributed by atoms with E-state index in [1.165, 1.54) is 30.5 Å². The van der Waals surface area contributed by atoms with Crippen LogP contribution in [0.5, 0.6) is 0 Å². The Morgan fingerprint density at radius 3 is 2.52 bits per heavy atom. The van der Waals surface area contributed by atoms with E-state index in [9.17, 15) is 28.0 Å². The quantitative estimate of drug-likeness (QED) is 0.813. The van der Waals surface area contributed by atoms with E-state index in [0.29, 0.717) is 0 Å². The maximum Gasteiger partial charge on any atom is 0.416 e. The summed E-state index contributed by atoms with van der Waals surface area (Å²) in [6.07, 6.45) is -2.91. The van der Waals surface area contributed by atoms with Crippen LogP contribution >= 0.6 is 0 Å². The number of carbonyl (C=O) groups excluding carboxylic acids is 2. The highest BCUT2D eigenvalue weighted by Crippen LogP contribution is 2.52. The van der Waals surface area contributed by atoms with Crippen molar-refractivity contribution >= 4 is 17.5 Å². The second-order valence-electron chi connectivity index (χ2n) is 6.20. The van der Waals surface area contributed by atoms with Gasteiger partial charge >= 0.3 is 6.18 Å². The van der Waals surface area contributed by atoms with Gasteiger partial charge in [-0.15, -0.1) is 0 Å². The van der Waals surface area contributed by atoms with E-state index >= 15 is 0 Å². The van der Waals surface area contributed by atoms with Gasteiger partial charge in [-0.25, -0.2) is 4.98 Å². The molecule has 8 heteroatoms. The Morgan fingerprint density at radius 2 is 1.89 bits per heavy atom. The molecule has 3 atom stereocenters. The lowest BCUT2D eigenvalue weighted by molar-refractivity contribution is -0.138. The maximum absolute atomic E-state index is 13.2. The van der Waals surface area contributed by atoms with Crippen molar-refractivity contribution in [3.8, 4) is 6.07 Å². The number of carbonyl (C=O) groups is 2. The average molecular weight is 373 g/mol. The van der Waals surface area contributed by atoms with Crippen molar-refractivity contribution in [2.45, 2.75) is 18.5 Å². The first kappa shape index (κ1) is 18.6. The summed E-state index contributed by atoms with van der Waals surface area (Å²) in [5.41, 5.74) is -0.776. The summed E-state index contributed by atoms with van der Waals surface area (Å²) in [4.78, 5) is 28.6. The van der Waals surface area contributed by atoms with Crippen molar-refractivity contribution in [2.75, 3.05) is 5.32 Å². The van der Waals surface area contributed by atoms with Crippen LogP contribution in [-0.4, -0.2) is 16.7 Å². The van der Waals surface area contributed by atoms with Gasteiger partial charge < -0.3 is 5.32 Å². The lowest BCUT2D eigenvalue weighted by Gasteiger charge is -2.13. The minimum Gasteiger partial charge on any atom is -0.309 e. The average Bonchev–Trinajstić information content (AvgIpc) is 3.43. The predicted molar refractivity (Wildman–Crippen MR) is 89.3 cm³/mol. The Balaban J connectivity index is 1.74. The summed E-state index contributed by atoms with van der Waals surface area (Å²) in [7, 11) is 0. The molecule has 0 aliphatic heterocycles. The molecule has 1 heterocycles. The topological polar surface area (TPSA) is 82.8 Å². The predicted octanol–water partition coefficient (Wildman–Crippen LogP) is 3.55. The van der Waals surface area contributed by atoms with Crippen LogP contribution in [0.2, 0.25) is 0 Å². The molecule has 2 aromatic rings. The standard InChI is InChI=1S/C19H14F3N3O2/c20-19(21,22)15-6-2-1-5-11(15)12-9-13(12)17(26)14(10-23)18(27)25-16-7-3-4-8-24-16/h1-8,12-14H,9H2,(H,24,25,27)/t12-,13-,14+/m1/s1. The molecule has 27 heavy (non-hydrogen) atoms. The fourth-order valence-corrected chi connectivity index (χ4v) is 3.03. The number of benzene rings is 1. The fourth-order valence-electron chi connectivity index (χ4n) is 3.03. The third-order valence-electron chi connectivity index (χ3n) is 4.41. The summed E-state index contributed by atoms with van der Waals surface area (Å²) in [5.74, 6) is -4.35. The number of rotatable bonds is 5. The van der Waals surface area contributed by atoms with E-state index in [2.05, 4.69) is 10.3 Å². The molecule has 1 N–H and O–H groups in total. The smallest absolute Gasteiger partial charge is 0.309 e. The third kappa shape index (κ3) is 3.97. The molecular formula is C19H14F3N3O2. The van der Waals surface area contributed by atoms with Crippen LogP contribution in [0, 0.1) is 23.2 Å². The summed E-state index contributed by atoms with van der Waals surface area (Å²) >= 11 is 0. The van der Waals surface area contributed by atoms with Crippen LogP contribution in [0.25, 0.3) is 0 Å². The number of hydrogen-bond acceptors (Lipinski definition) is 4. The molecule has 0 unspecified atom stereocenters. The van der Waals surface area contributed by atoms with Crippen LogP contribution in [0.3, 0.4) is 0 Å². The van der Waals surface area contributed by atoms with Gasteiger partial charge in [-0.1, -0.05) is 24.3 Å². The Morgan fingerprint density at radius 1 is 1.19 bits per heavy atom. The molecule has 138 valence electrons. The monoisotopic (exact) mass is 373 g/mol. The molecule has 0 saturated heterocycles. The van der Waals surface area contributed by atoms with Crippen molar-refractivity contribution < 1.29 is 22.8 Å². The first-order chi connectivity index (χ1) is 12.8. The second-order valence-corrected chi connectivity index (χ2v) is 6.20. The maximum atomic E-state index is 13.2. The van der Waals surface area contributed by atoms with Crippen molar-refractivity contribution in [3.63, 3.8) is 0 Å². The molecule has 0 spiro atoms. The van der Waals surface area contributed by atoms with Crippen molar-refractivity contribution in [3.05, 3.63) is 59.8 Å². The Bertz CT molecular complexity index is 906. The van der Waals surface area contributed by atoms with Gasteiger partial charge in [-0.05, 0) is 36.1 Å². The molecule has 1 aliphatic carbocycles. The van der Waals surface area contributed by atoms with Crippen LogP contribution in [0.1, 0.15) is 23.5 Å². The summed E-state index contributed by atoms with van der Waals surface area (Å²) < 4.78 is 39.5. The number of Topliss-reactive ketones (excluding diaryl/α,β-unsaturated/α-hetero) is 1. The third-order valence-corrected chi connectivity index (χ3v) is 4.41. The van der Waals surface area contributed by atoms with E-state index in [0.717, 1.165) is 6.07 Å². The number of aromatic nitrogens is 1. The molecule has 0 bridgehead atoms. The fraction of sp³-hybridized carbons (Fsp3) is 0.263. The number of ketones is 1. The minimum atomic E-state index is -4.53. The summed E-state index contributed by atoms with van der Waals surface area (Å²) in [5, 5.41) is 11.6. The number of nitrogens with one attached hydrogen (secondary N) is 1. The molecule has 1 aromatic carbocycles. The van der Waals surface area contributed by atoms with Gasteiger partial charge in [0.25, 0.3) is 5.91 Å². The van der Waals surface area contributed by atoms with Gasteiger partial charge in [0.1, 0.15) is 5.82 Å². The normalized spacial score (nSPS) is 19.6. The number of hydrogen-bond donors (Lipinski definition) is 1. The largest absolute Gasteiger partial charge is 0.416 e. The van der Waals surface area contributed by atoms with Crippen molar-refractivity contribution in [2.24, 2.45) is 11.8 Å². The Labute approximate surface area is 152 Å². The van der Waals surface area contributed by atoms with Crippen molar-refractivity contribution in [1.82, 2.24) is 4.98 Å². The first-order valence-corrected chi connectivity index (χ1v) is 8.14. The first-order valence-electron chi connectivity index (χ1n) is 8.14. The molecule has 5 nitrogen and oxygen atoms in total. The minimum absolute atomic E-state index is 0.0187. The molecular weight excluding hydrogens is 359 g/mol. The summed E-state index contributed by atoms with van der Waals surface area (Å²) in [6, 6.07) is 11.4. The van der Waals surface area contributed by atoms with E-state index in [-0.39, 0.29) is 17.8 Å². The number of alkyl halides is 3. The Hall–Kier alpha value is -3.21. The summed E-state index contributed by atoms with van der Waals surface area (Å²) in [6.45, 7) is 0.